The van der Waals surface area contributed by atoms with Crippen LogP contribution in [-0.4, -0.2) is 29.3 Å². The van der Waals surface area contributed by atoms with Crippen molar-refractivity contribution in [3.05, 3.63) is 62.7 Å². The number of anilines is 1. The molecule has 1 aliphatic heterocycles. The first kappa shape index (κ1) is 20.2. The Morgan fingerprint density at radius 2 is 1.75 bits per heavy atom. The smallest absolute Gasteiger partial charge is 0.324 e. The van der Waals surface area contributed by atoms with Crippen LogP contribution in [0.1, 0.15) is 18.1 Å². The summed E-state index contributed by atoms with van der Waals surface area (Å²) in [5, 5.41) is 4.89. The van der Waals surface area contributed by atoms with E-state index < -0.39 is 41.6 Å². The highest BCUT2D eigenvalue weighted by atomic mass is 127. The molecule has 0 aromatic heterocycles. The second-order valence-corrected chi connectivity index (χ2v) is 7.69. The maximum Gasteiger partial charge on any atom is 0.325 e. The molecule has 146 valence electrons. The predicted molar refractivity (Wildman–Crippen MR) is 106 cm³/mol. The van der Waals surface area contributed by atoms with Crippen LogP contribution in [0.5, 0.6) is 0 Å². The quantitative estimate of drug-likeness (QED) is 0.385. The van der Waals surface area contributed by atoms with Gasteiger partial charge in [-0.25, -0.2) is 13.6 Å². The molecule has 0 aliphatic carbocycles. The molecule has 9 heteroatoms. The molecule has 6 nitrogen and oxygen atoms in total. The van der Waals surface area contributed by atoms with Gasteiger partial charge in [0.05, 0.1) is 3.57 Å². The highest BCUT2D eigenvalue weighted by Gasteiger charge is 2.49. The summed E-state index contributed by atoms with van der Waals surface area (Å²) in [6.07, 6.45) is 0. The molecule has 1 aliphatic rings. The monoisotopic (exact) mass is 499 g/mol. The number of benzene rings is 2. The fourth-order valence-corrected chi connectivity index (χ4v) is 3.21. The number of urea groups is 1. The summed E-state index contributed by atoms with van der Waals surface area (Å²) in [5.74, 6) is -2.98. The lowest BCUT2D eigenvalue weighted by Crippen LogP contribution is -2.42. The van der Waals surface area contributed by atoms with Crippen molar-refractivity contribution in [3.63, 3.8) is 0 Å². The number of nitrogens with one attached hydrogen (secondary N) is 2. The molecule has 1 unspecified atom stereocenters. The van der Waals surface area contributed by atoms with Gasteiger partial charge >= 0.3 is 6.03 Å². The van der Waals surface area contributed by atoms with E-state index in [1.807, 2.05) is 19.1 Å². The average molecular weight is 499 g/mol. The lowest BCUT2D eigenvalue weighted by atomic mass is 9.91. The number of hydrogen-bond donors (Lipinski definition) is 2. The van der Waals surface area contributed by atoms with Gasteiger partial charge in [-0.2, -0.15) is 0 Å². The molecule has 2 aromatic rings. The summed E-state index contributed by atoms with van der Waals surface area (Å²) in [6.45, 7) is 2.87. The van der Waals surface area contributed by atoms with E-state index in [1.165, 1.54) is 22.6 Å². The SMILES string of the molecule is Cc1ccc(C2(C)NC(=O)N(CC(=O)Nc3cc(F)c(I)c(F)c3)C2=O)cc1. The number of imide groups is 1. The van der Waals surface area contributed by atoms with Crippen molar-refractivity contribution in [1.82, 2.24) is 10.2 Å². The zero-order chi connectivity index (χ0) is 20.6. The molecule has 4 amide bonds. The third-order valence-corrected chi connectivity index (χ3v) is 5.50. The van der Waals surface area contributed by atoms with Gasteiger partial charge < -0.3 is 10.6 Å². The van der Waals surface area contributed by atoms with E-state index in [1.54, 1.807) is 19.1 Å². The topological polar surface area (TPSA) is 78.5 Å². The van der Waals surface area contributed by atoms with Crippen molar-refractivity contribution in [1.29, 1.82) is 0 Å². The van der Waals surface area contributed by atoms with Crippen molar-refractivity contribution < 1.29 is 23.2 Å². The van der Waals surface area contributed by atoms with Crippen molar-refractivity contribution in [2.75, 3.05) is 11.9 Å². The van der Waals surface area contributed by atoms with Gasteiger partial charge in [-0.3, -0.25) is 14.5 Å². The zero-order valence-corrected chi connectivity index (χ0v) is 17.1. The third-order valence-electron chi connectivity index (χ3n) is 4.47. The molecule has 1 saturated heterocycles. The van der Waals surface area contributed by atoms with Crippen LogP contribution < -0.4 is 10.6 Å². The number of carbonyl (C=O) groups is 3. The second-order valence-electron chi connectivity index (χ2n) is 6.61. The number of halogens is 3. The molecule has 28 heavy (non-hydrogen) atoms. The molecule has 0 bridgehead atoms. The van der Waals surface area contributed by atoms with E-state index in [-0.39, 0.29) is 9.26 Å². The van der Waals surface area contributed by atoms with Crippen molar-refractivity contribution >= 4 is 46.1 Å². The van der Waals surface area contributed by atoms with Crippen LogP contribution in [0.3, 0.4) is 0 Å². The number of carbonyl (C=O) groups excluding carboxylic acids is 3. The van der Waals surface area contributed by atoms with Crippen LogP contribution in [0.25, 0.3) is 0 Å². The van der Waals surface area contributed by atoms with Crippen LogP contribution in [0.2, 0.25) is 0 Å². The Morgan fingerprint density at radius 3 is 2.32 bits per heavy atom. The van der Waals surface area contributed by atoms with Gasteiger partial charge in [0.2, 0.25) is 5.91 Å². The molecule has 0 radical (unpaired) electrons. The van der Waals surface area contributed by atoms with E-state index in [9.17, 15) is 23.2 Å². The maximum absolute atomic E-state index is 13.6. The molecule has 0 saturated carbocycles. The minimum Gasteiger partial charge on any atom is -0.324 e. The minimum absolute atomic E-state index is 0.103. The molecule has 1 heterocycles. The first-order chi connectivity index (χ1) is 13.1. The fourth-order valence-electron chi connectivity index (χ4n) is 2.89. The standard InChI is InChI=1S/C19H16F2IN3O3/c1-10-3-5-11(6-4-10)19(2)17(27)25(18(28)24-19)9-15(26)23-12-7-13(20)16(22)14(21)8-12/h3-8H,9H2,1-2H3,(H,23,26)(H,24,28). The fraction of sp³-hybridized carbons (Fsp3) is 0.211. The molecular weight excluding hydrogens is 483 g/mol. The van der Waals surface area contributed by atoms with Gasteiger partial charge in [-0.05, 0) is 54.1 Å². The lowest BCUT2D eigenvalue weighted by Gasteiger charge is -2.22. The summed E-state index contributed by atoms with van der Waals surface area (Å²) in [5.41, 5.74) is 0.179. The number of hydrogen-bond acceptors (Lipinski definition) is 3. The van der Waals surface area contributed by atoms with Crippen LogP contribution in [0, 0.1) is 22.1 Å². The summed E-state index contributed by atoms with van der Waals surface area (Å²) in [7, 11) is 0. The van der Waals surface area contributed by atoms with E-state index >= 15 is 0 Å². The van der Waals surface area contributed by atoms with Crippen LogP contribution in [0.15, 0.2) is 36.4 Å². The van der Waals surface area contributed by atoms with E-state index in [0.717, 1.165) is 22.6 Å². The molecule has 1 fully saturated rings. The summed E-state index contributed by atoms with van der Waals surface area (Å²) in [6, 6.07) is 8.30. The molecule has 2 N–H and O–H groups in total. The number of amides is 4. The van der Waals surface area contributed by atoms with Gasteiger partial charge in [-0.1, -0.05) is 29.8 Å². The first-order valence-electron chi connectivity index (χ1n) is 8.27. The van der Waals surface area contributed by atoms with Gasteiger partial charge in [0, 0.05) is 5.69 Å². The Bertz CT molecular complexity index is 958. The predicted octanol–water partition coefficient (Wildman–Crippen LogP) is 3.28. The van der Waals surface area contributed by atoms with Gasteiger partial charge in [0.15, 0.2) is 0 Å². The largest absolute Gasteiger partial charge is 0.325 e. The maximum atomic E-state index is 13.6. The molecule has 3 rings (SSSR count). The minimum atomic E-state index is -1.30. The Kier molecular flexibility index (Phi) is 5.37. The van der Waals surface area contributed by atoms with E-state index in [4.69, 9.17) is 0 Å². The highest BCUT2D eigenvalue weighted by molar-refractivity contribution is 14.1. The lowest BCUT2D eigenvalue weighted by molar-refractivity contribution is -0.133. The second kappa shape index (κ2) is 7.46. The van der Waals surface area contributed by atoms with Crippen molar-refractivity contribution in [2.45, 2.75) is 19.4 Å². The Hall–Kier alpha value is -2.56. The van der Waals surface area contributed by atoms with Crippen LogP contribution >= 0.6 is 22.6 Å². The Balaban J connectivity index is 1.75. The van der Waals surface area contributed by atoms with Gasteiger partial charge in [-0.15, -0.1) is 0 Å². The van der Waals surface area contributed by atoms with Gasteiger partial charge in [0.25, 0.3) is 5.91 Å². The molecule has 2 aromatic carbocycles. The average Bonchev–Trinajstić information content (AvgIpc) is 2.84. The number of aryl methyl sites for hydroxylation is 1. The molecule has 0 spiro atoms. The van der Waals surface area contributed by atoms with E-state index in [2.05, 4.69) is 10.6 Å². The zero-order valence-electron chi connectivity index (χ0n) is 15.0. The van der Waals surface area contributed by atoms with E-state index in [0.29, 0.717) is 5.56 Å². The summed E-state index contributed by atoms with van der Waals surface area (Å²) >= 11 is 1.51. The third kappa shape index (κ3) is 3.71. The highest BCUT2D eigenvalue weighted by Crippen LogP contribution is 2.29. The normalized spacial score (nSPS) is 19.0. The number of nitrogens with zero attached hydrogens (tertiary/aromatic N) is 1. The van der Waals surface area contributed by atoms with Crippen LogP contribution in [0.4, 0.5) is 19.3 Å². The van der Waals surface area contributed by atoms with Crippen molar-refractivity contribution in [2.24, 2.45) is 0 Å². The molecular formula is C19H16F2IN3O3. The number of rotatable bonds is 4. The summed E-state index contributed by atoms with van der Waals surface area (Å²) < 4.78 is 27.0. The molecule has 1 atom stereocenters. The first-order valence-corrected chi connectivity index (χ1v) is 9.35. The Labute approximate surface area is 173 Å². The van der Waals surface area contributed by atoms with Gasteiger partial charge in [0.1, 0.15) is 23.7 Å². The van der Waals surface area contributed by atoms with Crippen molar-refractivity contribution in [3.8, 4) is 0 Å². The Morgan fingerprint density at radius 1 is 1.18 bits per heavy atom. The van der Waals surface area contributed by atoms with Crippen LogP contribution in [-0.2, 0) is 15.1 Å². The summed E-state index contributed by atoms with van der Waals surface area (Å²) in [4.78, 5) is 38.1.